The highest BCUT2D eigenvalue weighted by Gasteiger charge is 2.38. The molecule has 0 aromatic heterocycles. The van der Waals surface area contributed by atoms with Crippen molar-refractivity contribution in [2.24, 2.45) is 11.8 Å². The minimum atomic E-state index is -0.980. The molecule has 7 heteroatoms. The Morgan fingerprint density at radius 3 is 2.24 bits per heavy atom. The van der Waals surface area contributed by atoms with E-state index >= 15 is 0 Å². The SMILES string of the molecule is CCC(C)N1CCCC[C@@H]1C(=O)N[C@H](C(=O)N(C)C(/C=C(\C)C(=O)O)C(C)C)C1CCCCC1. The van der Waals surface area contributed by atoms with Crippen molar-refractivity contribution in [2.45, 2.75) is 117 Å². The Morgan fingerprint density at radius 1 is 1.06 bits per heavy atom. The lowest BCUT2D eigenvalue weighted by Crippen LogP contribution is -2.59. The summed E-state index contributed by atoms with van der Waals surface area (Å²) in [6.07, 6.45) is 10.8. The van der Waals surface area contributed by atoms with Crippen molar-refractivity contribution in [3.8, 4) is 0 Å². The third-order valence-electron chi connectivity index (χ3n) is 7.92. The van der Waals surface area contributed by atoms with Crippen LogP contribution in [0.5, 0.6) is 0 Å². The molecule has 1 aliphatic heterocycles. The zero-order valence-corrected chi connectivity index (χ0v) is 22.2. The first-order chi connectivity index (χ1) is 16.1. The molecule has 2 rings (SSSR count). The van der Waals surface area contributed by atoms with Crippen LogP contribution in [0.3, 0.4) is 0 Å². The third-order valence-corrected chi connectivity index (χ3v) is 7.92. The molecule has 7 nitrogen and oxygen atoms in total. The van der Waals surface area contributed by atoms with Crippen LogP contribution < -0.4 is 5.32 Å². The fourth-order valence-electron chi connectivity index (χ4n) is 5.54. The maximum Gasteiger partial charge on any atom is 0.331 e. The number of rotatable bonds is 10. The molecule has 2 fully saturated rings. The minimum Gasteiger partial charge on any atom is -0.478 e. The van der Waals surface area contributed by atoms with Crippen LogP contribution in [0.1, 0.15) is 92.4 Å². The van der Waals surface area contributed by atoms with Crippen LogP contribution in [0.25, 0.3) is 0 Å². The van der Waals surface area contributed by atoms with E-state index in [0.717, 1.165) is 57.9 Å². The number of carbonyl (C=O) groups excluding carboxylic acids is 2. The summed E-state index contributed by atoms with van der Waals surface area (Å²) in [6, 6.07) is -0.781. The lowest BCUT2D eigenvalue weighted by molar-refractivity contribution is -0.141. The molecule has 0 bridgehead atoms. The number of carboxylic acid groups (broad SMARTS) is 1. The summed E-state index contributed by atoms with van der Waals surface area (Å²) in [5.74, 6) is -0.961. The molecular formula is C27H47N3O4. The zero-order chi connectivity index (χ0) is 25.4. The predicted octanol–water partition coefficient (Wildman–Crippen LogP) is 4.22. The molecule has 1 saturated carbocycles. The number of carboxylic acids is 1. The van der Waals surface area contributed by atoms with Gasteiger partial charge in [0.2, 0.25) is 11.8 Å². The molecule has 0 aromatic carbocycles. The standard InChI is InChI=1S/C27H47N3O4/c1-7-20(5)30-16-12-11-15-22(30)25(31)28-24(21-13-9-8-10-14-21)26(32)29(6)23(18(2)3)17-19(4)27(33)34/h17-18,20-24H,7-16H2,1-6H3,(H,28,31)(H,33,34)/b19-17+/t20?,22-,23?,24+/m1/s1. The first-order valence-electron chi connectivity index (χ1n) is 13.3. The smallest absolute Gasteiger partial charge is 0.331 e. The van der Waals surface area contributed by atoms with Crippen molar-refractivity contribution >= 4 is 17.8 Å². The molecule has 0 aromatic rings. The number of nitrogens with zero attached hydrogens (tertiary/aromatic N) is 2. The van der Waals surface area contributed by atoms with Crippen molar-refractivity contribution in [2.75, 3.05) is 13.6 Å². The van der Waals surface area contributed by atoms with Gasteiger partial charge in [-0.2, -0.15) is 0 Å². The number of hydrogen-bond acceptors (Lipinski definition) is 4. The summed E-state index contributed by atoms with van der Waals surface area (Å²) in [5.41, 5.74) is 0.225. The van der Waals surface area contributed by atoms with Crippen LogP contribution in [0, 0.1) is 11.8 Å². The fourth-order valence-corrected chi connectivity index (χ4v) is 5.54. The number of nitrogens with one attached hydrogen (secondary N) is 1. The molecule has 1 heterocycles. The zero-order valence-electron chi connectivity index (χ0n) is 22.2. The highest BCUT2D eigenvalue weighted by molar-refractivity contribution is 5.90. The number of aliphatic carboxylic acids is 1. The molecular weight excluding hydrogens is 430 g/mol. The van der Waals surface area contributed by atoms with Gasteiger partial charge < -0.3 is 15.3 Å². The van der Waals surface area contributed by atoms with Gasteiger partial charge in [0.15, 0.2) is 0 Å². The first-order valence-corrected chi connectivity index (χ1v) is 13.3. The Kier molecular flexibility index (Phi) is 11.1. The summed E-state index contributed by atoms with van der Waals surface area (Å²) in [6.45, 7) is 10.8. The number of hydrogen-bond donors (Lipinski definition) is 2. The Hall–Kier alpha value is -1.89. The van der Waals surface area contributed by atoms with Gasteiger partial charge in [-0.3, -0.25) is 14.5 Å². The van der Waals surface area contributed by atoms with Gasteiger partial charge >= 0.3 is 5.97 Å². The Labute approximate surface area is 206 Å². The fraction of sp³-hybridized carbons (Fsp3) is 0.815. The topological polar surface area (TPSA) is 90.0 Å². The Bertz CT molecular complexity index is 729. The molecule has 34 heavy (non-hydrogen) atoms. The average Bonchev–Trinajstić information content (AvgIpc) is 2.84. The summed E-state index contributed by atoms with van der Waals surface area (Å²) in [4.78, 5) is 42.8. The van der Waals surface area contributed by atoms with Gasteiger partial charge in [-0.15, -0.1) is 0 Å². The third kappa shape index (κ3) is 7.30. The number of likely N-dealkylation sites (tertiary alicyclic amines) is 1. The number of amides is 2. The molecule has 2 aliphatic rings. The van der Waals surface area contributed by atoms with Gasteiger partial charge in [0.25, 0.3) is 0 Å². The maximum atomic E-state index is 13.9. The molecule has 1 aliphatic carbocycles. The van der Waals surface area contributed by atoms with Crippen molar-refractivity contribution in [3.05, 3.63) is 11.6 Å². The monoisotopic (exact) mass is 477 g/mol. The Morgan fingerprint density at radius 2 is 1.68 bits per heavy atom. The van der Waals surface area contributed by atoms with Crippen molar-refractivity contribution in [3.63, 3.8) is 0 Å². The van der Waals surface area contributed by atoms with Gasteiger partial charge in [-0.1, -0.05) is 52.5 Å². The van der Waals surface area contributed by atoms with E-state index in [1.54, 1.807) is 24.9 Å². The molecule has 194 valence electrons. The average molecular weight is 478 g/mol. The van der Waals surface area contributed by atoms with E-state index in [-0.39, 0.29) is 41.3 Å². The molecule has 1 saturated heterocycles. The van der Waals surface area contributed by atoms with E-state index in [1.165, 1.54) is 6.42 Å². The Balaban J connectivity index is 2.29. The predicted molar refractivity (Wildman–Crippen MR) is 135 cm³/mol. The summed E-state index contributed by atoms with van der Waals surface area (Å²) in [7, 11) is 1.74. The second-order valence-corrected chi connectivity index (χ2v) is 10.7. The van der Waals surface area contributed by atoms with Crippen molar-refractivity contribution in [1.82, 2.24) is 15.1 Å². The van der Waals surface area contributed by atoms with Crippen LogP contribution >= 0.6 is 0 Å². The second-order valence-electron chi connectivity index (χ2n) is 10.7. The lowest BCUT2D eigenvalue weighted by atomic mass is 9.82. The maximum absolute atomic E-state index is 13.9. The van der Waals surface area contributed by atoms with Crippen molar-refractivity contribution in [1.29, 1.82) is 0 Å². The highest BCUT2D eigenvalue weighted by atomic mass is 16.4. The van der Waals surface area contributed by atoms with Crippen LogP contribution in [0.15, 0.2) is 11.6 Å². The van der Waals surface area contributed by atoms with Crippen LogP contribution in [0.2, 0.25) is 0 Å². The molecule has 2 N–H and O–H groups in total. The molecule has 2 amide bonds. The van der Waals surface area contributed by atoms with E-state index in [1.807, 2.05) is 13.8 Å². The first kappa shape index (κ1) is 28.3. The summed E-state index contributed by atoms with van der Waals surface area (Å²) in [5, 5.41) is 12.6. The van der Waals surface area contributed by atoms with Crippen molar-refractivity contribution < 1.29 is 19.5 Å². The number of carbonyl (C=O) groups is 3. The lowest BCUT2D eigenvalue weighted by Gasteiger charge is -2.41. The van der Waals surface area contributed by atoms with Gasteiger partial charge in [0.05, 0.1) is 12.1 Å². The molecule has 0 spiro atoms. The van der Waals surface area contributed by atoms with E-state index in [2.05, 4.69) is 24.1 Å². The highest BCUT2D eigenvalue weighted by Crippen LogP contribution is 2.29. The van der Waals surface area contributed by atoms with E-state index in [0.29, 0.717) is 6.04 Å². The summed E-state index contributed by atoms with van der Waals surface area (Å²) >= 11 is 0. The van der Waals surface area contributed by atoms with Crippen LogP contribution in [-0.2, 0) is 14.4 Å². The number of piperidine rings is 1. The summed E-state index contributed by atoms with van der Waals surface area (Å²) < 4.78 is 0. The van der Waals surface area contributed by atoms with Gasteiger partial charge in [-0.25, -0.2) is 4.79 Å². The quantitative estimate of drug-likeness (QED) is 0.460. The van der Waals surface area contributed by atoms with Gasteiger partial charge in [0.1, 0.15) is 6.04 Å². The van der Waals surface area contributed by atoms with Crippen LogP contribution in [0.4, 0.5) is 0 Å². The largest absolute Gasteiger partial charge is 0.478 e. The van der Waals surface area contributed by atoms with Gasteiger partial charge in [0, 0.05) is 18.7 Å². The number of likely N-dealkylation sites (N-methyl/N-ethyl adjacent to an activating group) is 1. The van der Waals surface area contributed by atoms with Crippen LogP contribution in [-0.4, -0.2) is 70.4 Å². The second kappa shape index (κ2) is 13.3. The normalized spacial score (nSPS) is 23.3. The van der Waals surface area contributed by atoms with E-state index in [4.69, 9.17) is 0 Å². The van der Waals surface area contributed by atoms with Gasteiger partial charge in [-0.05, 0) is 64.3 Å². The van der Waals surface area contributed by atoms with E-state index in [9.17, 15) is 19.5 Å². The van der Waals surface area contributed by atoms with E-state index < -0.39 is 12.0 Å². The molecule has 2 unspecified atom stereocenters. The molecule has 0 radical (unpaired) electrons. The molecule has 4 atom stereocenters. The minimum absolute atomic E-state index is 0.0318.